The SMILES string of the molecule is O=C(Oc1nc([N+](=O)[O-])c[nH]1)c1ccc2[nH]cnc2c1. The summed E-state index contributed by atoms with van der Waals surface area (Å²) < 4.78 is 4.91. The van der Waals surface area contributed by atoms with E-state index in [0.717, 1.165) is 11.7 Å². The fourth-order valence-corrected chi connectivity index (χ4v) is 1.65. The van der Waals surface area contributed by atoms with Crippen molar-refractivity contribution in [2.24, 2.45) is 0 Å². The highest BCUT2D eigenvalue weighted by atomic mass is 16.6. The summed E-state index contributed by atoms with van der Waals surface area (Å²) in [6.07, 6.45) is 2.55. The number of nitro groups is 1. The van der Waals surface area contributed by atoms with E-state index >= 15 is 0 Å². The minimum absolute atomic E-state index is 0.233. The van der Waals surface area contributed by atoms with Crippen LogP contribution in [0.4, 0.5) is 5.82 Å². The molecular formula is C11H7N5O4. The molecule has 0 aliphatic heterocycles. The molecule has 0 radical (unpaired) electrons. The Morgan fingerprint density at radius 3 is 2.95 bits per heavy atom. The summed E-state index contributed by atoms with van der Waals surface area (Å²) in [7, 11) is 0. The lowest BCUT2D eigenvalue weighted by molar-refractivity contribution is -0.389. The lowest BCUT2D eigenvalue weighted by Crippen LogP contribution is -2.09. The molecule has 9 nitrogen and oxygen atoms in total. The van der Waals surface area contributed by atoms with Gasteiger partial charge in [0.25, 0.3) is 0 Å². The quantitative estimate of drug-likeness (QED) is 0.422. The first kappa shape index (κ1) is 11.8. The highest BCUT2D eigenvalue weighted by Gasteiger charge is 2.18. The van der Waals surface area contributed by atoms with Gasteiger partial charge >= 0.3 is 17.8 Å². The van der Waals surface area contributed by atoms with Crippen LogP contribution in [0.2, 0.25) is 0 Å². The number of nitrogens with one attached hydrogen (secondary N) is 2. The van der Waals surface area contributed by atoms with Gasteiger partial charge in [0.05, 0.1) is 22.9 Å². The fourth-order valence-electron chi connectivity index (χ4n) is 1.65. The van der Waals surface area contributed by atoms with E-state index in [9.17, 15) is 14.9 Å². The third kappa shape index (κ3) is 2.07. The Kier molecular flexibility index (Phi) is 2.64. The first-order valence-corrected chi connectivity index (χ1v) is 5.48. The number of imidazole rings is 2. The number of nitrogens with zero attached hydrogens (tertiary/aromatic N) is 3. The van der Waals surface area contributed by atoms with Gasteiger partial charge in [-0.25, -0.2) is 9.78 Å². The van der Waals surface area contributed by atoms with Gasteiger partial charge in [0.1, 0.15) is 6.20 Å². The molecular weight excluding hydrogens is 266 g/mol. The van der Waals surface area contributed by atoms with Gasteiger partial charge in [-0.15, -0.1) is 0 Å². The number of hydrogen-bond donors (Lipinski definition) is 2. The van der Waals surface area contributed by atoms with Crippen LogP contribution < -0.4 is 4.74 Å². The molecule has 0 unspecified atom stereocenters. The molecule has 0 saturated carbocycles. The van der Waals surface area contributed by atoms with Gasteiger partial charge in [-0.2, -0.15) is 0 Å². The monoisotopic (exact) mass is 273 g/mol. The third-order valence-corrected chi connectivity index (χ3v) is 2.57. The maximum Gasteiger partial charge on any atom is 0.419 e. The summed E-state index contributed by atoms with van der Waals surface area (Å²) >= 11 is 0. The van der Waals surface area contributed by atoms with Gasteiger partial charge < -0.3 is 19.8 Å². The molecule has 3 rings (SSSR count). The number of hydrogen-bond acceptors (Lipinski definition) is 6. The molecule has 3 aromatic rings. The lowest BCUT2D eigenvalue weighted by atomic mass is 10.2. The Bertz CT molecular complexity index is 806. The third-order valence-electron chi connectivity index (χ3n) is 2.57. The molecule has 0 atom stereocenters. The number of benzene rings is 1. The maximum absolute atomic E-state index is 11.9. The van der Waals surface area contributed by atoms with Crippen LogP contribution in [-0.4, -0.2) is 30.8 Å². The van der Waals surface area contributed by atoms with Crippen LogP contribution in [0.15, 0.2) is 30.7 Å². The smallest absolute Gasteiger partial charge is 0.369 e. The van der Waals surface area contributed by atoms with E-state index in [1.54, 1.807) is 18.2 Å². The van der Waals surface area contributed by atoms with Crippen molar-refractivity contribution in [2.45, 2.75) is 0 Å². The first-order chi connectivity index (χ1) is 9.63. The minimum Gasteiger partial charge on any atom is -0.369 e. The van der Waals surface area contributed by atoms with Gasteiger partial charge in [-0.1, -0.05) is 0 Å². The molecule has 0 amide bonds. The van der Waals surface area contributed by atoms with Crippen molar-refractivity contribution >= 4 is 22.8 Å². The molecule has 2 heterocycles. The van der Waals surface area contributed by atoms with E-state index in [1.807, 2.05) is 0 Å². The Morgan fingerprint density at radius 1 is 1.35 bits per heavy atom. The van der Waals surface area contributed by atoms with Gasteiger partial charge in [0.15, 0.2) is 0 Å². The van der Waals surface area contributed by atoms with E-state index in [2.05, 4.69) is 19.9 Å². The first-order valence-electron chi connectivity index (χ1n) is 5.48. The number of aromatic amines is 2. The van der Waals surface area contributed by atoms with E-state index in [0.29, 0.717) is 5.52 Å². The maximum atomic E-state index is 11.9. The van der Waals surface area contributed by atoms with Gasteiger partial charge in [-0.05, 0) is 23.1 Å². The lowest BCUT2D eigenvalue weighted by Gasteiger charge is -1.98. The van der Waals surface area contributed by atoms with Crippen molar-refractivity contribution in [3.63, 3.8) is 0 Å². The summed E-state index contributed by atoms with van der Waals surface area (Å²) in [5, 5.41) is 10.5. The molecule has 100 valence electrons. The average molecular weight is 273 g/mol. The number of esters is 1. The second kappa shape index (κ2) is 4.46. The molecule has 0 saturated heterocycles. The van der Waals surface area contributed by atoms with Crippen molar-refractivity contribution in [3.05, 3.63) is 46.4 Å². The summed E-state index contributed by atoms with van der Waals surface area (Å²) in [5.74, 6) is -1.10. The van der Waals surface area contributed by atoms with Crippen LogP contribution in [0, 0.1) is 10.1 Å². The Labute approximate surface area is 110 Å². The molecule has 1 aromatic carbocycles. The highest BCUT2D eigenvalue weighted by molar-refractivity contribution is 5.94. The number of aromatic nitrogens is 4. The second-order valence-electron chi connectivity index (χ2n) is 3.84. The van der Waals surface area contributed by atoms with E-state index in [-0.39, 0.29) is 11.6 Å². The van der Waals surface area contributed by atoms with E-state index < -0.39 is 16.7 Å². The molecule has 0 bridgehead atoms. The van der Waals surface area contributed by atoms with Crippen molar-refractivity contribution < 1.29 is 14.5 Å². The zero-order chi connectivity index (χ0) is 14.1. The van der Waals surface area contributed by atoms with Crippen LogP contribution in [0.1, 0.15) is 10.4 Å². The average Bonchev–Trinajstić information content (AvgIpc) is 3.05. The molecule has 0 aliphatic carbocycles. The zero-order valence-electron chi connectivity index (χ0n) is 9.86. The van der Waals surface area contributed by atoms with E-state index in [4.69, 9.17) is 4.74 Å². The summed E-state index contributed by atoms with van der Waals surface area (Å²) in [4.78, 5) is 34.5. The van der Waals surface area contributed by atoms with Crippen molar-refractivity contribution in [3.8, 4) is 6.01 Å². The predicted molar refractivity (Wildman–Crippen MR) is 66.3 cm³/mol. The largest absolute Gasteiger partial charge is 0.419 e. The van der Waals surface area contributed by atoms with Crippen molar-refractivity contribution in [1.29, 1.82) is 0 Å². The van der Waals surface area contributed by atoms with Crippen LogP contribution in [-0.2, 0) is 0 Å². The topological polar surface area (TPSA) is 127 Å². The number of carbonyl (C=O) groups excluding carboxylic acids is 1. The minimum atomic E-state index is -0.691. The molecule has 0 spiro atoms. The number of ether oxygens (including phenoxy) is 1. The summed E-state index contributed by atoms with van der Waals surface area (Å²) in [6, 6.07) is 4.55. The van der Waals surface area contributed by atoms with Gasteiger partial charge in [-0.3, -0.25) is 4.98 Å². The standard InChI is InChI=1S/C11H7N5O4/c17-10(20-11-12-4-9(15-11)16(18)19)6-1-2-7-8(3-6)14-5-13-7/h1-5H,(H,12,15)(H,13,14). The van der Waals surface area contributed by atoms with Crippen LogP contribution >= 0.6 is 0 Å². The van der Waals surface area contributed by atoms with Crippen molar-refractivity contribution in [2.75, 3.05) is 0 Å². The molecule has 0 aliphatic rings. The Balaban J connectivity index is 1.82. The number of fused-ring (bicyclic) bond motifs is 1. The number of rotatable bonds is 3. The molecule has 20 heavy (non-hydrogen) atoms. The molecule has 0 fully saturated rings. The second-order valence-corrected chi connectivity index (χ2v) is 3.84. The highest BCUT2D eigenvalue weighted by Crippen LogP contribution is 2.15. The number of H-pyrrole nitrogens is 2. The van der Waals surface area contributed by atoms with Crippen LogP contribution in [0.5, 0.6) is 6.01 Å². The van der Waals surface area contributed by atoms with E-state index in [1.165, 1.54) is 6.33 Å². The predicted octanol–water partition coefficient (Wildman–Crippen LogP) is 1.41. The zero-order valence-corrected chi connectivity index (χ0v) is 9.86. The molecule has 9 heteroatoms. The summed E-state index contributed by atoms with van der Waals surface area (Å²) in [6.45, 7) is 0. The van der Waals surface area contributed by atoms with Gasteiger partial charge in [0.2, 0.25) is 0 Å². The van der Waals surface area contributed by atoms with Crippen LogP contribution in [0.25, 0.3) is 11.0 Å². The summed E-state index contributed by atoms with van der Waals surface area (Å²) in [5.41, 5.74) is 1.67. The molecule has 2 aromatic heterocycles. The van der Waals surface area contributed by atoms with Crippen LogP contribution in [0.3, 0.4) is 0 Å². The number of carbonyl (C=O) groups is 1. The fraction of sp³-hybridized carbons (Fsp3) is 0. The normalized spacial score (nSPS) is 10.6. The van der Waals surface area contributed by atoms with Gasteiger partial charge in [0, 0.05) is 4.98 Å². The molecule has 2 N–H and O–H groups in total. The van der Waals surface area contributed by atoms with Crippen molar-refractivity contribution in [1.82, 2.24) is 19.9 Å². The Morgan fingerprint density at radius 2 is 2.20 bits per heavy atom. The Hall–Kier alpha value is -3.23.